The van der Waals surface area contributed by atoms with Crippen molar-refractivity contribution in [3.8, 4) is 0 Å². The summed E-state index contributed by atoms with van der Waals surface area (Å²) in [5, 5.41) is 0. The first-order valence-electron chi connectivity index (χ1n) is 19.3. The standard InChI is InChI=1S/C48H47BN2/c1-7-8-9-15-31-22-24-32(25-23-31)51-45-35(27-26-34-33-16-10-11-17-37(33)48(5,6)43(34)45)36-28-30(2)29-42-44(36)49(51)40-20-14-19-39-46(40)50(42)41-21-13-12-18-38(41)47(39,3)4/h10-14,16-25,28-29H,7-9,15,26-27H2,1-6H3. The maximum Gasteiger partial charge on any atom is 0.333 e. The van der Waals surface area contributed by atoms with Gasteiger partial charge < -0.3 is 9.71 Å². The van der Waals surface area contributed by atoms with Crippen LogP contribution in [0.25, 0.3) is 11.1 Å². The molecule has 0 aromatic heterocycles. The molecular formula is C48H47BN2. The predicted octanol–water partition coefficient (Wildman–Crippen LogP) is 11.0. The van der Waals surface area contributed by atoms with Gasteiger partial charge in [0.15, 0.2) is 0 Å². The molecule has 5 aliphatic rings. The second-order valence-electron chi connectivity index (χ2n) is 16.7. The second-order valence-corrected chi connectivity index (χ2v) is 16.7. The van der Waals surface area contributed by atoms with E-state index in [1.54, 1.807) is 5.57 Å². The third-order valence-electron chi connectivity index (χ3n) is 13.0. The SMILES string of the molecule is CCCCCc1ccc(N2B3c4cccc5c4N(c4ccccc4C5(C)C)c4cc(C)cc(c43)C3=C2C2=C(CC3)c3ccccc3C2(C)C)cc1. The number of aryl methyl sites for hydroxylation is 2. The Morgan fingerprint density at radius 3 is 2.20 bits per heavy atom. The third kappa shape index (κ3) is 4.12. The molecule has 5 aromatic rings. The normalized spacial score (nSPS) is 18.2. The first kappa shape index (κ1) is 31.0. The Balaban J connectivity index is 1.29. The van der Waals surface area contributed by atoms with Gasteiger partial charge in [0.05, 0.1) is 5.69 Å². The van der Waals surface area contributed by atoms with E-state index in [0.717, 1.165) is 19.3 Å². The van der Waals surface area contributed by atoms with E-state index in [9.17, 15) is 0 Å². The van der Waals surface area contributed by atoms with Crippen LogP contribution in [0.3, 0.4) is 0 Å². The highest BCUT2D eigenvalue weighted by atomic mass is 15.2. The van der Waals surface area contributed by atoms with Crippen molar-refractivity contribution < 1.29 is 0 Å². The summed E-state index contributed by atoms with van der Waals surface area (Å²) in [6.07, 6.45) is 7.05. The zero-order chi connectivity index (χ0) is 34.8. The number of allylic oxidation sites excluding steroid dienone is 3. The van der Waals surface area contributed by atoms with Crippen LogP contribution in [0.4, 0.5) is 22.7 Å². The van der Waals surface area contributed by atoms with E-state index >= 15 is 0 Å². The molecule has 0 unspecified atom stereocenters. The highest BCUT2D eigenvalue weighted by molar-refractivity contribution is 6.92. The predicted molar refractivity (Wildman–Crippen MR) is 218 cm³/mol. The van der Waals surface area contributed by atoms with E-state index < -0.39 is 0 Å². The summed E-state index contributed by atoms with van der Waals surface area (Å²) in [6.45, 7) is 14.4. The van der Waals surface area contributed by atoms with Gasteiger partial charge >= 0.3 is 6.85 Å². The van der Waals surface area contributed by atoms with E-state index in [-0.39, 0.29) is 17.7 Å². The molecule has 252 valence electrons. The van der Waals surface area contributed by atoms with Gasteiger partial charge in [-0.3, -0.25) is 0 Å². The van der Waals surface area contributed by atoms with Crippen LogP contribution < -0.4 is 20.6 Å². The Morgan fingerprint density at radius 2 is 1.39 bits per heavy atom. The van der Waals surface area contributed by atoms with Crippen LogP contribution in [-0.4, -0.2) is 6.85 Å². The number of unbranched alkanes of at least 4 members (excludes halogenated alkanes) is 2. The van der Waals surface area contributed by atoms with Gasteiger partial charge in [-0.05, 0) is 123 Å². The third-order valence-corrected chi connectivity index (χ3v) is 13.0. The Kier molecular flexibility index (Phi) is 6.61. The minimum atomic E-state index is -0.123. The molecule has 0 radical (unpaired) electrons. The lowest BCUT2D eigenvalue weighted by Gasteiger charge is -2.52. The largest absolute Gasteiger partial charge is 0.376 e. The molecule has 0 amide bonds. The van der Waals surface area contributed by atoms with Gasteiger partial charge in [0.2, 0.25) is 0 Å². The average Bonchev–Trinajstić information content (AvgIpc) is 3.37. The fourth-order valence-corrected chi connectivity index (χ4v) is 10.7. The Labute approximate surface area is 304 Å². The summed E-state index contributed by atoms with van der Waals surface area (Å²) < 4.78 is 0. The monoisotopic (exact) mass is 662 g/mol. The summed E-state index contributed by atoms with van der Waals surface area (Å²) in [5.41, 5.74) is 24.0. The number of hydrogen-bond acceptors (Lipinski definition) is 2. The number of nitrogens with zero attached hydrogens (tertiary/aromatic N) is 2. The lowest BCUT2D eigenvalue weighted by atomic mass is 9.42. The number of anilines is 4. The summed E-state index contributed by atoms with van der Waals surface area (Å²) in [4.78, 5) is 5.44. The molecule has 0 bridgehead atoms. The summed E-state index contributed by atoms with van der Waals surface area (Å²) in [6, 6.07) is 40.3. The lowest BCUT2D eigenvalue weighted by molar-refractivity contribution is 0.632. The quantitative estimate of drug-likeness (QED) is 0.137. The van der Waals surface area contributed by atoms with Gasteiger partial charge in [0.25, 0.3) is 0 Å². The number of rotatable bonds is 5. The van der Waals surface area contributed by atoms with Crippen molar-refractivity contribution in [2.45, 2.75) is 90.9 Å². The van der Waals surface area contributed by atoms with Crippen LogP contribution in [0.1, 0.15) is 106 Å². The van der Waals surface area contributed by atoms with E-state index in [4.69, 9.17) is 0 Å². The van der Waals surface area contributed by atoms with E-state index in [0.29, 0.717) is 0 Å². The zero-order valence-electron chi connectivity index (χ0n) is 31.0. The van der Waals surface area contributed by atoms with Gasteiger partial charge in [0.1, 0.15) is 0 Å². The van der Waals surface area contributed by atoms with Gasteiger partial charge in [-0.15, -0.1) is 0 Å². The zero-order valence-corrected chi connectivity index (χ0v) is 31.0. The molecular weight excluding hydrogens is 615 g/mol. The van der Waals surface area contributed by atoms with E-state index in [2.05, 4.69) is 154 Å². The molecule has 0 spiro atoms. The molecule has 5 aromatic carbocycles. The van der Waals surface area contributed by atoms with Crippen molar-refractivity contribution in [3.05, 3.63) is 153 Å². The number of benzene rings is 5. The Hall–Kier alpha value is -4.76. The number of para-hydroxylation sites is 2. The highest BCUT2D eigenvalue weighted by Gasteiger charge is 2.53. The molecule has 3 aliphatic heterocycles. The fraction of sp³-hybridized carbons (Fsp3) is 0.292. The number of hydrogen-bond donors (Lipinski definition) is 0. The maximum absolute atomic E-state index is 2.80. The fourth-order valence-electron chi connectivity index (χ4n) is 10.7. The van der Waals surface area contributed by atoms with E-state index in [1.165, 1.54) is 109 Å². The van der Waals surface area contributed by atoms with Gasteiger partial charge in [-0.1, -0.05) is 126 Å². The van der Waals surface area contributed by atoms with Crippen molar-refractivity contribution in [1.29, 1.82) is 0 Å². The molecule has 0 fully saturated rings. The molecule has 2 aliphatic carbocycles. The van der Waals surface area contributed by atoms with Crippen LogP contribution in [-0.2, 0) is 17.3 Å². The lowest BCUT2D eigenvalue weighted by Crippen LogP contribution is -2.64. The Morgan fingerprint density at radius 1 is 0.667 bits per heavy atom. The van der Waals surface area contributed by atoms with Crippen LogP contribution in [0.2, 0.25) is 0 Å². The van der Waals surface area contributed by atoms with Crippen LogP contribution in [0.15, 0.2) is 114 Å². The van der Waals surface area contributed by atoms with Crippen LogP contribution in [0.5, 0.6) is 0 Å². The van der Waals surface area contributed by atoms with Crippen molar-refractivity contribution >= 4 is 51.7 Å². The first-order chi connectivity index (χ1) is 24.7. The van der Waals surface area contributed by atoms with Gasteiger partial charge in [0, 0.05) is 33.6 Å². The second kappa shape index (κ2) is 10.9. The molecule has 0 atom stereocenters. The van der Waals surface area contributed by atoms with Crippen LogP contribution >= 0.6 is 0 Å². The molecule has 2 nitrogen and oxygen atoms in total. The molecule has 3 heterocycles. The summed E-state index contributed by atoms with van der Waals surface area (Å²) in [5.74, 6) is 0. The summed E-state index contributed by atoms with van der Waals surface area (Å²) in [7, 11) is 0. The van der Waals surface area contributed by atoms with Crippen molar-refractivity contribution in [2.75, 3.05) is 9.71 Å². The van der Waals surface area contributed by atoms with Crippen LogP contribution in [0, 0.1) is 6.92 Å². The number of fused-ring (bicyclic) bond motifs is 8. The smallest absolute Gasteiger partial charge is 0.333 e. The molecule has 3 heteroatoms. The highest BCUT2D eigenvalue weighted by Crippen LogP contribution is 2.59. The van der Waals surface area contributed by atoms with Gasteiger partial charge in [-0.2, -0.15) is 0 Å². The molecule has 0 N–H and O–H groups in total. The van der Waals surface area contributed by atoms with Crippen molar-refractivity contribution in [3.63, 3.8) is 0 Å². The topological polar surface area (TPSA) is 6.48 Å². The van der Waals surface area contributed by atoms with Crippen molar-refractivity contribution in [1.82, 2.24) is 0 Å². The van der Waals surface area contributed by atoms with E-state index in [1.807, 2.05) is 0 Å². The first-order valence-corrected chi connectivity index (χ1v) is 19.3. The summed E-state index contributed by atoms with van der Waals surface area (Å²) >= 11 is 0. The molecule has 51 heavy (non-hydrogen) atoms. The molecule has 10 rings (SSSR count). The average molecular weight is 663 g/mol. The minimum Gasteiger partial charge on any atom is -0.376 e. The van der Waals surface area contributed by atoms with Gasteiger partial charge in [-0.25, -0.2) is 0 Å². The Bertz CT molecular complexity index is 2350. The molecule has 0 saturated heterocycles. The minimum absolute atomic E-state index is 0.0546. The maximum atomic E-state index is 2.80. The van der Waals surface area contributed by atoms with Crippen molar-refractivity contribution in [2.24, 2.45) is 0 Å². The molecule has 0 saturated carbocycles.